The fraction of sp³-hybridized carbons (Fsp3) is 0.478. The zero-order valence-electron chi connectivity index (χ0n) is 20.9. The Morgan fingerprint density at radius 2 is 1.86 bits per heavy atom. The highest BCUT2D eigenvalue weighted by Crippen LogP contribution is 2.31. The van der Waals surface area contributed by atoms with Gasteiger partial charge in [0.25, 0.3) is 10.0 Å². The maximum Gasteiger partial charge on any atom is 0.528 e. The van der Waals surface area contributed by atoms with Crippen molar-refractivity contribution >= 4 is 22.1 Å². The molecule has 2 heterocycles. The summed E-state index contributed by atoms with van der Waals surface area (Å²) >= 11 is 0. The SMILES string of the molecule is CCC(=O)NS(=O)(=O)c1ccc(Oc2ncnc(OC3CCN(OC(=O)OC(C)C)CC3)c2C)c(F)c1. The van der Waals surface area contributed by atoms with E-state index >= 15 is 0 Å². The van der Waals surface area contributed by atoms with E-state index in [4.69, 9.17) is 19.0 Å². The third kappa shape index (κ3) is 7.73. The third-order valence-corrected chi connectivity index (χ3v) is 6.57. The number of amides is 1. The van der Waals surface area contributed by atoms with Crippen molar-refractivity contribution in [2.45, 2.75) is 64.1 Å². The fourth-order valence-electron chi connectivity index (χ4n) is 3.28. The summed E-state index contributed by atoms with van der Waals surface area (Å²) in [6, 6.07) is 2.99. The highest BCUT2D eigenvalue weighted by molar-refractivity contribution is 7.90. The van der Waals surface area contributed by atoms with Gasteiger partial charge in [0.1, 0.15) is 12.4 Å². The molecule has 0 aliphatic carbocycles. The first-order chi connectivity index (χ1) is 17.5. The van der Waals surface area contributed by atoms with Crippen molar-refractivity contribution in [2.24, 2.45) is 0 Å². The molecular formula is C23H29FN4O8S. The van der Waals surface area contributed by atoms with Gasteiger partial charge in [-0.25, -0.2) is 32.3 Å². The monoisotopic (exact) mass is 540 g/mol. The second-order valence-electron chi connectivity index (χ2n) is 8.44. The molecule has 3 rings (SSSR count). The fourth-order valence-corrected chi connectivity index (χ4v) is 4.34. The van der Waals surface area contributed by atoms with Crippen molar-refractivity contribution < 1.29 is 41.4 Å². The summed E-state index contributed by atoms with van der Waals surface area (Å²) in [6.07, 6.45) is 1.00. The van der Waals surface area contributed by atoms with E-state index in [9.17, 15) is 22.4 Å². The highest BCUT2D eigenvalue weighted by atomic mass is 32.2. The van der Waals surface area contributed by atoms with Crippen LogP contribution in [0, 0.1) is 12.7 Å². The molecule has 14 heteroatoms. The van der Waals surface area contributed by atoms with Crippen LogP contribution in [0.1, 0.15) is 45.6 Å². The van der Waals surface area contributed by atoms with Gasteiger partial charge in [0.15, 0.2) is 11.6 Å². The van der Waals surface area contributed by atoms with Gasteiger partial charge in [-0.1, -0.05) is 6.92 Å². The van der Waals surface area contributed by atoms with Crippen LogP contribution in [0.2, 0.25) is 0 Å². The van der Waals surface area contributed by atoms with Gasteiger partial charge in [-0.2, -0.15) is 0 Å². The molecular weight excluding hydrogens is 511 g/mol. The molecule has 0 atom stereocenters. The summed E-state index contributed by atoms with van der Waals surface area (Å²) in [7, 11) is -4.21. The second-order valence-corrected chi connectivity index (χ2v) is 10.1. The summed E-state index contributed by atoms with van der Waals surface area (Å²) in [5.41, 5.74) is 0.410. The lowest BCUT2D eigenvalue weighted by Crippen LogP contribution is -2.40. The van der Waals surface area contributed by atoms with E-state index in [-0.39, 0.29) is 36.1 Å². The number of rotatable bonds is 9. The topological polar surface area (TPSA) is 146 Å². The summed E-state index contributed by atoms with van der Waals surface area (Å²) in [4.78, 5) is 36.0. The largest absolute Gasteiger partial charge is 0.528 e. The lowest BCUT2D eigenvalue weighted by Gasteiger charge is -2.30. The van der Waals surface area contributed by atoms with Crippen molar-refractivity contribution in [3.05, 3.63) is 35.9 Å². The van der Waals surface area contributed by atoms with Crippen LogP contribution < -0.4 is 14.2 Å². The summed E-state index contributed by atoms with van der Waals surface area (Å²) in [6.45, 7) is 7.46. The first kappa shape index (κ1) is 28.1. The maximum absolute atomic E-state index is 14.7. The number of hydrogen-bond acceptors (Lipinski definition) is 11. The zero-order valence-corrected chi connectivity index (χ0v) is 21.7. The number of carbonyl (C=O) groups is 2. The Bertz CT molecular complexity index is 1230. The minimum Gasteiger partial charge on any atom is -0.474 e. The number of hydroxylamine groups is 2. The zero-order chi connectivity index (χ0) is 27.2. The molecule has 37 heavy (non-hydrogen) atoms. The molecule has 0 bridgehead atoms. The molecule has 0 spiro atoms. The molecule has 1 saturated heterocycles. The van der Waals surface area contributed by atoms with Crippen molar-refractivity contribution in [3.63, 3.8) is 0 Å². The molecule has 202 valence electrons. The molecule has 0 unspecified atom stereocenters. The van der Waals surface area contributed by atoms with Crippen LogP contribution in [0.5, 0.6) is 17.5 Å². The van der Waals surface area contributed by atoms with Gasteiger partial charge < -0.3 is 19.0 Å². The third-order valence-electron chi connectivity index (χ3n) is 5.20. The molecule has 2 aromatic rings. The highest BCUT2D eigenvalue weighted by Gasteiger charge is 2.26. The Hall–Kier alpha value is -3.52. The second kappa shape index (κ2) is 12.1. The lowest BCUT2D eigenvalue weighted by atomic mass is 10.1. The Morgan fingerprint density at radius 3 is 2.49 bits per heavy atom. The van der Waals surface area contributed by atoms with Gasteiger partial charge >= 0.3 is 6.16 Å². The van der Waals surface area contributed by atoms with Crippen LogP contribution >= 0.6 is 0 Å². The number of halogens is 1. The molecule has 1 aliphatic heterocycles. The number of nitrogens with zero attached hydrogens (tertiary/aromatic N) is 3. The van der Waals surface area contributed by atoms with Crippen molar-refractivity contribution in [1.82, 2.24) is 19.8 Å². The molecule has 1 amide bonds. The first-order valence-corrected chi connectivity index (χ1v) is 13.1. The molecule has 1 aromatic heterocycles. The molecule has 12 nitrogen and oxygen atoms in total. The standard InChI is InChI=1S/C23H29FN4O8S/c1-5-20(29)27-37(31,32)17-6-7-19(18(24)12-17)35-22-15(4)21(25-13-26-22)34-16-8-10-28(11-9-16)36-23(30)33-14(2)3/h6-7,12-14,16H,5,8-11H2,1-4H3,(H,27,29). The summed E-state index contributed by atoms with van der Waals surface area (Å²) in [5.74, 6) is -1.68. The van der Waals surface area contributed by atoms with Gasteiger partial charge in [-0.15, -0.1) is 5.06 Å². The average molecular weight is 541 g/mol. The summed E-state index contributed by atoms with van der Waals surface area (Å²) < 4.78 is 57.5. The van der Waals surface area contributed by atoms with Gasteiger partial charge in [0, 0.05) is 32.4 Å². The van der Waals surface area contributed by atoms with E-state index in [2.05, 4.69) is 9.97 Å². The number of hydrogen-bond donors (Lipinski definition) is 1. The number of piperidine rings is 1. The van der Waals surface area contributed by atoms with Crippen LogP contribution in [0.4, 0.5) is 9.18 Å². The Morgan fingerprint density at radius 1 is 1.19 bits per heavy atom. The van der Waals surface area contributed by atoms with Gasteiger partial charge in [-0.3, -0.25) is 4.79 Å². The Labute approximate surface area is 214 Å². The molecule has 0 radical (unpaired) electrons. The van der Waals surface area contributed by atoms with E-state index in [0.29, 0.717) is 31.5 Å². The van der Waals surface area contributed by atoms with E-state index in [1.165, 1.54) is 18.3 Å². The summed E-state index contributed by atoms with van der Waals surface area (Å²) in [5, 5.41) is 1.51. The van der Waals surface area contributed by atoms with Gasteiger partial charge in [0.05, 0.1) is 16.6 Å². The maximum atomic E-state index is 14.7. The smallest absolute Gasteiger partial charge is 0.474 e. The lowest BCUT2D eigenvalue weighted by molar-refractivity contribution is -0.151. The number of carbonyl (C=O) groups excluding carboxylic acids is 2. The first-order valence-electron chi connectivity index (χ1n) is 11.6. The molecule has 1 fully saturated rings. The van der Waals surface area contributed by atoms with Gasteiger partial charge in [-0.05, 0) is 39.0 Å². The Balaban J connectivity index is 1.63. The van der Waals surface area contributed by atoms with E-state index in [1.54, 1.807) is 20.8 Å². The van der Waals surface area contributed by atoms with E-state index in [0.717, 1.165) is 18.2 Å². The van der Waals surface area contributed by atoms with Crippen LogP contribution in [-0.4, -0.2) is 60.8 Å². The van der Waals surface area contributed by atoms with Crippen molar-refractivity contribution in [3.8, 4) is 17.5 Å². The Kier molecular flexibility index (Phi) is 9.21. The van der Waals surface area contributed by atoms with Crippen LogP contribution in [0.3, 0.4) is 0 Å². The molecule has 0 saturated carbocycles. The molecule has 1 aliphatic rings. The minimum atomic E-state index is -4.21. The van der Waals surface area contributed by atoms with E-state index < -0.39 is 32.8 Å². The average Bonchev–Trinajstić information content (AvgIpc) is 2.83. The predicted octanol–water partition coefficient (Wildman–Crippen LogP) is 3.25. The quantitative estimate of drug-likeness (QED) is 0.468. The predicted molar refractivity (Wildman–Crippen MR) is 127 cm³/mol. The van der Waals surface area contributed by atoms with Crippen LogP contribution in [0.15, 0.2) is 29.4 Å². The number of ether oxygens (including phenoxy) is 3. The van der Waals surface area contributed by atoms with Gasteiger partial charge in [0.2, 0.25) is 17.7 Å². The van der Waals surface area contributed by atoms with Crippen LogP contribution in [0.25, 0.3) is 0 Å². The van der Waals surface area contributed by atoms with Crippen LogP contribution in [-0.2, 0) is 24.4 Å². The normalized spacial score (nSPS) is 14.8. The minimum absolute atomic E-state index is 0.0241. The van der Waals surface area contributed by atoms with Crippen molar-refractivity contribution in [1.29, 1.82) is 0 Å². The van der Waals surface area contributed by atoms with E-state index in [1.807, 2.05) is 4.72 Å². The van der Waals surface area contributed by atoms with Crippen molar-refractivity contribution in [2.75, 3.05) is 13.1 Å². The number of nitrogens with one attached hydrogen (secondary N) is 1. The molecule has 1 N–H and O–H groups in total. The number of sulfonamides is 1. The molecule has 1 aromatic carbocycles. The number of aromatic nitrogens is 2. The number of benzene rings is 1.